The van der Waals surface area contributed by atoms with Crippen molar-refractivity contribution in [2.45, 2.75) is 18.5 Å². The van der Waals surface area contributed by atoms with Gasteiger partial charge in [0.2, 0.25) is 0 Å². The first-order valence-electron chi connectivity index (χ1n) is 6.48. The van der Waals surface area contributed by atoms with Crippen LogP contribution in [0.5, 0.6) is 5.75 Å². The largest absolute Gasteiger partial charge is 0.508 e. The van der Waals surface area contributed by atoms with E-state index in [0.29, 0.717) is 11.8 Å². The second-order valence-corrected chi connectivity index (χ2v) is 5.34. The first kappa shape index (κ1) is 13.3. The van der Waals surface area contributed by atoms with E-state index < -0.39 is 0 Å². The Morgan fingerprint density at radius 3 is 2.61 bits per heavy atom. The van der Waals surface area contributed by atoms with Crippen LogP contribution in [0, 0.1) is 0 Å². The van der Waals surface area contributed by atoms with E-state index in [9.17, 15) is 5.11 Å². The number of hydrogen-bond donors (Lipinski definition) is 2. The number of benzene rings is 1. The Labute approximate surface area is 109 Å². The number of aromatic hydroxyl groups is 1. The summed E-state index contributed by atoms with van der Waals surface area (Å²) in [6, 6.07) is 7.86. The first-order valence-corrected chi connectivity index (χ1v) is 6.48. The number of likely N-dealkylation sites (N-methyl/N-ethyl adjacent to an activating group) is 2. The third kappa shape index (κ3) is 3.22. The van der Waals surface area contributed by atoms with E-state index >= 15 is 0 Å². The van der Waals surface area contributed by atoms with Crippen molar-refractivity contribution in [3.05, 3.63) is 29.8 Å². The Morgan fingerprint density at radius 1 is 1.28 bits per heavy atom. The van der Waals surface area contributed by atoms with E-state index in [2.05, 4.69) is 23.9 Å². The lowest BCUT2D eigenvalue weighted by Gasteiger charge is -2.40. The molecule has 0 radical (unpaired) electrons. The quantitative estimate of drug-likeness (QED) is 0.819. The van der Waals surface area contributed by atoms with Gasteiger partial charge in [0, 0.05) is 31.7 Å². The predicted molar refractivity (Wildman–Crippen MR) is 73.7 cm³/mol. The number of phenols is 1. The summed E-state index contributed by atoms with van der Waals surface area (Å²) >= 11 is 0. The average molecular weight is 249 g/mol. The molecule has 1 heterocycles. The first-order chi connectivity index (χ1) is 8.56. The Balaban J connectivity index is 1.98. The van der Waals surface area contributed by atoms with Crippen molar-refractivity contribution < 1.29 is 5.11 Å². The van der Waals surface area contributed by atoms with Crippen molar-refractivity contribution in [2.75, 3.05) is 33.7 Å². The van der Waals surface area contributed by atoms with E-state index in [4.69, 9.17) is 5.73 Å². The molecule has 4 heteroatoms. The molecule has 0 saturated carbocycles. The van der Waals surface area contributed by atoms with Gasteiger partial charge in [-0.2, -0.15) is 0 Å². The summed E-state index contributed by atoms with van der Waals surface area (Å²) in [7, 11) is 4.29. The zero-order valence-electron chi connectivity index (χ0n) is 11.2. The highest BCUT2D eigenvalue weighted by atomic mass is 16.3. The zero-order chi connectivity index (χ0) is 13.1. The summed E-state index contributed by atoms with van der Waals surface area (Å²) in [4.78, 5) is 4.69. The second-order valence-electron chi connectivity index (χ2n) is 5.34. The molecule has 2 atom stereocenters. The summed E-state index contributed by atoms with van der Waals surface area (Å²) in [6.45, 7) is 3.21. The van der Waals surface area contributed by atoms with Gasteiger partial charge in [-0.25, -0.2) is 0 Å². The molecular weight excluding hydrogens is 226 g/mol. The Kier molecular flexibility index (Phi) is 4.22. The van der Waals surface area contributed by atoms with Gasteiger partial charge in [0.25, 0.3) is 0 Å². The lowest BCUT2D eigenvalue weighted by molar-refractivity contribution is 0.0973. The van der Waals surface area contributed by atoms with E-state index in [1.54, 1.807) is 12.1 Å². The van der Waals surface area contributed by atoms with Crippen LogP contribution in [0.2, 0.25) is 0 Å². The highest BCUT2D eigenvalue weighted by Gasteiger charge is 2.27. The number of hydrogen-bond acceptors (Lipinski definition) is 4. The van der Waals surface area contributed by atoms with Crippen LogP contribution in [0.1, 0.15) is 5.56 Å². The lowest BCUT2D eigenvalue weighted by Crippen LogP contribution is -2.58. The maximum atomic E-state index is 9.27. The van der Waals surface area contributed by atoms with Crippen molar-refractivity contribution in [1.29, 1.82) is 0 Å². The summed E-state index contributed by atoms with van der Waals surface area (Å²) in [5.74, 6) is 0.307. The Bertz CT molecular complexity index is 379. The summed E-state index contributed by atoms with van der Waals surface area (Å²) < 4.78 is 0. The van der Waals surface area contributed by atoms with Gasteiger partial charge in [-0.3, -0.25) is 4.90 Å². The number of phenolic OH excluding ortho intramolecular Hbond substituents is 1. The van der Waals surface area contributed by atoms with Crippen LogP contribution in [-0.4, -0.2) is 60.7 Å². The van der Waals surface area contributed by atoms with Gasteiger partial charge in [-0.05, 0) is 38.2 Å². The minimum Gasteiger partial charge on any atom is -0.508 e. The Hall–Kier alpha value is -1.10. The SMILES string of the molecule is CN1CCN(C)C(C(N)Cc2ccc(O)cc2)C1. The van der Waals surface area contributed by atoms with Crippen LogP contribution in [0.25, 0.3) is 0 Å². The molecule has 2 rings (SSSR count). The molecule has 0 amide bonds. The lowest BCUT2D eigenvalue weighted by atomic mass is 9.97. The summed E-state index contributed by atoms with van der Waals surface area (Å²) in [5, 5.41) is 9.27. The van der Waals surface area contributed by atoms with Crippen molar-refractivity contribution in [1.82, 2.24) is 9.80 Å². The maximum Gasteiger partial charge on any atom is 0.115 e. The molecule has 0 aromatic heterocycles. The normalized spacial score (nSPS) is 24.1. The minimum atomic E-state index is 0.127. The third-order valence-corrected chi connectivity index (χ3v) is 3.80. The average Bonchev–Trinajstić information content (AvgIpc) is 2.35. The summed E-state index contributed by atoms with van der Waals surface area (Å²) in [6.07, 6.45) is 0.850. The van der Waals surface area contributed by atoms with Gasteiger partial charge in [-0.15, -0.1) is 0 Å². The van der Waals surface area contributed by atoms with Gasteiger partial charge in [0.15, 0.2) is 0 Å². The number of rotatable bonds is 3. The monoisotopic (exact) mass is 249 g/mol. The van der Waals surface area contributed by atoms with Gasteiger partial charge in [-0.1, -0.05) is 12.1 Å². The second kappa shape index (κ2) is 5.69. The molecule has 18 heavy (non-hydrogen) atoms. The Morgan fingerprint density at radius 2 is 1.94 bits per heavy atom. The standard InChI is InChI=1S/C14H23N3O/c1-16-7-8-17(2)14(10-16)13(15)9-11-3-5-12(18)6-4-11/h3-6,13-14,18H,7-10,15H2,1-2H3. The molecule has 4 nitrogen and oxygen atoms in total. The van der Waals surface area contributed by atoms with Crippen LogP contribution in [0.4, 0.5) is 0 Å². The molecule has 1 fully saturated rings. The number of nitrogens with two attached hydrogens (primary N) is 1. The van der Waals surface area contributed by atoms with E-state index in [1.165, 1.54) is 5.56 Å². The molecule has 0 aliphatic carbocycles. The smallest absolute Gasteiger partial charge is 0.115 e. The fourth-order valence-electron chi connectivity index (χ4n) is 2.55. The summed E-state index contributed by atoms with van der Waals surface area (Å²) in [5.41, 5.74) is 7.52. The van der Waals surface area contributed by atoms with Crippen molar-refractivity contribution in [3.63, 3.8) is 0 Å². The topological polar surface area (TPSA) is 52.7 Å². The fraction of sp³-hybridized carbons (Fsp3) is 0.571. The minimum absolute atomic E-state index is 0.127. The molecule has 0 spiro atoms. The van der Waals surface area contributed by atoms with Gasteiger partial charge < -0.3 is 15.7 Å². The number of piperazine rings is 1. The molecule has 1 aliphatic rings. The maximum absolute atomic E-state index is 9.27. The molecule has 3 N–H and O–H groups in total. The molecule has 1 aromatic rings. The van der Waals surface area contributed by atoms with E-state index in [0.717, 1.165) is 26.1 Å². The highest BCUT2D eigenvalue weighted by molar-refractivity contribution is 5.26. The molecular formula is C14H23N3O. The van der Waals surface area contributed by atoms with Crippen LogP contribution in [0.3, 0.4) is 0 Å². The van der Waals surface area contributed by atoms with Crippen LogP contribution >= 0.6 is 0 Å². The predicted octanol–water partition coefficient (Wildman–Crippen LogP) is 0.508. The third-order valence-electron chi connectivity index (χ3n) is 3.80. The molecule has 100 valence electrons. The molecule has 0 bridgehead atoms. The van der Waals surface area contributed by atoms with Gasteiger partial charge in [0.05, 0.1) is 0 Å². The molecule has 1 saturated heterocycles. The van der Waals surface area contributed by atoms with Crippen LogP contribution in [0.15, 0.2) is 24.3 Å². The van der Waals surface area contributed by atoms with Gasteiger partial charge in [0.1, 0.15) is 5.75 Å². The van der Waals surface area contributed by atoms with Crippen LogP contribution in [-0.2, 0) is 6.42 Å². The fourth-order valence-corrected chi connectivity index (χ4v) is 2.55. The van der Waals surface area contributed by atoms with Crippen molar-refractivity contribution in [3.8, 4) is 5.75 Å². The van der Waals surface area contributed by atoms with Crippen molar-refractivity contribution in [2.24, 2.45) is 5.73 Å². The molecule has 1 aliphatic heterocycles. The van der Waals surface area contributed by atoms with E-state index in [-0.39, 0.29) is 6.04 Å². The van der Waals surface area contributed by atoms with Crippen molar-refractivity contribution >= 4 is 0 Å². The van der Waals surface area contributed by atoms with Crippen LogP contribution < -0.4 is 5.73 Å². The van der Waals surface area contributed by atoms with E-state index in [1.807, 2.05) is 12.1 Å². The molecule has 2 unspecified atom stereocenters. The highest BCUT2D eigenvalue weighted by Crippen LogP contribution is 2.15. The number of nitrogens with zero attached hydrogens (tertiary/aromatic N) is 2. The van der Waals surface area contributed by atoms with Gasteiger partial charge >= 0.3 is 0 Å². The zero-order valence-corrected chi connectivity index (χ0v) is 11.2. The molecule has 1 aromatic carbocycles.